The normalized spacial score (nSPS) is 12.8. The van der Waals surface area contributed by atoms with Crippen LogP contribution in [0.25, 0.3) is 0 Å². The van der Waals surface area contributed by atoms with Gasteiger partial charge in [0.1, 0.15) is 19.7 Å². The lowest BCUT2D eigenvalue weighted by molar-refractivity contribution is 0.295. The highest BCUT2D eigenvalue weighted by atomic mass is 32.2. The van der Waals surface area contributed by atoms with E-state index < -0.39 is 19.7 Å². The third-order valence-electron chi connectivity index (χ3n) is 2.14. The molecule has 2 N–H and O–H groups in total. The van der Waals surface area contributed by atoms with Gasteiger partial charge in [-0.15, -0.1) is 0 Å². The maximum absolute atomic E-state index is 11.3. The van der Waals surface area contributed by atoms with Gasteiger partial charge in [-0.3, -0.25) is 0 Å². The van der Waals surface area contributed by atoms with Crippen molar-refractivity contribution in [2.24, 2.45) is 0 Å². The van der Waals surface area contributed by atoms with E-state index in [-0.39, 0.29) is 55.5 Å². The van der Waals surface area contributed by atoms with Crippen molar-refractivity contribution in [1.29, 1.82) is 0 Å². The Hall–Kier alpha value is -0.180. The molecule has 0 radical (unpaired) electrons. The highest BCUT2D eigenvalue weighted by Gasteiger charge is 2.14. The van der Waals surface area contributed by atoms with Crippen LogP contribution in [0.1, 0.15) is 19.3 Å². The average Bonchev–Trinajstić information content (AvgIpc) is 2.23. The van der Waals surface area contributed by atoms with Gasteiger partial charge in [-0.05, 0) is 19.3 Å². The molecule has 0 fully saturated rings. The zero-order chi connectivity index (χ0) is 13.4. The molecule has 0 heterocycles. The van der Waals surface area contributed by atoms with Crippen LogP contribution in [0.15, 0.2) is 0 Å². The molecule has 0 spiro atoms. The van der Waals surface area contributed by atoms with Gasteiger partial charge in [0, 0.05) is 13.2 Å². The Morgan fingerprint density at radius 3 is 1.18 bits per heavy atom. The molecule has 0 saturated heterocycles. The Kier molecular flexibility index (Phi) is 7.93. The molecule has 0 atom stereocenters. The minimum atomic E-state index is -3.26. The van der Waals surface area contributed by atoms with Gasteiger partial charge >= 0.3 is 0 Å². The molecule has 17 heavy (non-hydrogen) atoms. The monoisotopic (exact) mass is 288 g/mol. The van der Waals surface area contributed by atoms with Crippen molar-refractivity contribution >= 4 is 19.7 Å². The molecule has 0 aromatic heterocycles. The second kappa shape index (κ2) is 8.02. The lowest BCUT2D eigenvalue weighted by Gasteiger charge is -2.04. The van der Waals surface area contributed by atoms with Gasteiger partial charge in [0.25, 0.3) is 0 Å². The minimum absolute atomic E-state index is 0.0710. The molecular weight excluding hydrogens is 268 g/mol. The van der Waals surface area contributed by atoms with Crippen molar-refractivity contribution in [3.8, 4) is 0 Å². The van der Waals surface area contributed by atoms with Gasteiger partial charge in [-0.1, -0.05) is 0 Å². The minimum Gasteiger partial charge on any atom is -0.396 e. The third-order valence-corrected chi connectivity index (χ3v) is 5.78. The summed E-state index contributed by atoms with van der Waals surface area (Å²) in [5.74, 6) is -0.572. The van der Waals surface area contributed by atoms with Gasteiger partial charge in [0.15, 0.2) is 0 Å². The third kappa shape index (κ3) is 9.51. The van der Waals surface area contributed by atoms with Crippen molar-refractivity contribution in [3.05, 3.63) is 0 Å². The molecule has 0 aliphatic heterocycles. The first-order valence-electron chi connectivity index (χ1n) is 5.45. The maximum atomic E-state index is 11.3. The molecule has 0 aromatic carbocycles. The number of hydrogen-bond acceptors (Lipinski definition) is 6. The number of sulfone groups is 2. The summed E-state index contributed by atoms with van der Waals surface area (Å²) < 4.78 is 45.4. The van der Waals surface area contributed by atoms with E-state index in [4.69, 9.17) is 10.2 Å². The fraction of sp³-hybridized carbons (Fsp3) is 1.00. The Balaban J connectivity index is 3.98. The number of rotatable bonds is 10. The lowest BCUT2D eigenvalue weighted by atomic mass is 10.5. The van der Waals surface area contributed by atoms with E-state index in [2.05, 4.69) is 0 Å². The number of aliphatic hydroxyl groups is 2. The second-order valence-electron chi connectivity index (χ2n) is 3.81. The van der Waals surface area contributed by atoms with Crippen LogP contribution < -0.4 is 0 Å². The Bertz CT molecular complexity index is 346. The first kappa shape index (κ1) is 16.8. The standard InChI is InChI=1S/C9H20O6S2/c10-4-1-6-16(12,13)8-3-9-17(14,15)7-2-5-11/h10-11H,1-9H2. The van der Waals surface area contributed by atoms with Crippen LogP contribution in [-0.4, -0.2) is 63.3 Å². The van der Waals surface area contributed by atoms with Crippen molar-refractivity contribution < 1.29 is 27.0 Å². The topological polar surface area (TPSA) is 109 Å². The van der Waals surface area contributed by atoms with E-state index in [1.54, 1.807) is 0 Å². The molecule has 6 nitrogen and oxygen atoms in total. The highest BCUT2D eigenvalue weighted by molar-refractivity contribution is 7.92. The van der Waals surface area contributed by atoms with Crippen LogP contribution in [0.4, 0.5) is 0 Å². The largest absolute Gasteiger partial charge is 0.396 e. The fourth-order valence-electron chi connectivity index (χ4n) is 1.27. The Morgan fingerprint density at radius 1 is 0.588 bits per heavy atom. The van der Waals surface area contributed by atoms with Crippen LogP contribution in [0, 0.1) is 0 Å². The summed E-state index contributed by atoms with van der Waals surface area (Å²) in [6.45, 7) is -0.373. The van der Waals surface area contributed by atoms with Gasteiger partial charge in [-0.25, -0.2) is 16.8 Å². The molecule has 0 aromatic rings. The molecular formula is C9H20O6S2. The summed E-state index contributed by atoms with van der Waals surface area (Å²) in [6, 6.07) is 0. The summed E-state index contributed by atoms with van der Waals surface area (Å²) in [5.41, 5.74) is 0. The molecule has 0 amide bonds. The van der Waals surface area contributed by atoms with Crippen LogP contribution in [-0.2, 0) is 19.7 Å². The molecule has 0 bridgehead atoms. The summed E-state index contributed by atoms with van der Waals surface area (Å²) in [4.78, 5) is 0. The summed E-state index contributed by atoms with van der Waals surface area (Å²) in [5, 5.41) is 17.0. The fourth-order valence-corrected chi connectivity index (χ4v) is 4.17. The van der Waals surface area contributed by atoms with E-state index in [1.807, 2.05) is 0 Å². The van der Waals surface area contributed by atoms with Crippen LogP contribution >= 0.6 is 0 Å². The highest BCUT2D eigenvalue weighted by Crippen LogP contribution is 2.01. The zero-order valence-electron chi connectivity index (χ0n) is 9.71. The summed E-state index contributed by atoms with van der Waals surface area (Å²) in [7, 11) is -6.52. The zero-order valence-corrected chi connectivity index (χ0v) is 11.3. The first-order valence-corrected chi connectivity index (χ1v) is 9.10. The van der Waals surface area contributed by atoms with Crippen LogP contribution in [0.3, 0.4) is 0 Å². The van der Waals surface area contributed by atoms with Crippen molar-refractivity contribution in [1.82, 2.24) is 0 Å². The molecule has 0 aliphatic rings. The van der Waals surface area contributed by atoms with Crippen LogP contribution in [0.5, 0.6) is 0 Å². The van der Waals surface area contributed by atoms with Crippen molar-refractivity contribution in [3.63, 3.8) is 0 Å². The predicted molar refractivity (Wildman–Crippen MR) is 65.3 cm³/mol. The predicted octanol–water partition coefficient (Wildman–Crippen LogP) is -1.03. The molecule has 0 saturated carbocycles. The van der Waals surface area contributed by atoms with Gasteiger partial charge in [0.2, 0.25) is 0 Å². The SMILES string of the molecule is O=S(=O)(CCCO)CCCS(=O)(=O)CCCO. The quantitative estimate of drug-likeness (QED) is 0.532. The smallest absolute Gasteiger partial charge is 0.150 e. The lowest BCUT2D eigenvalue weighted by Crippen LogP contribution is -2.18. The van der Waals surface area contributed by atoms with Gasteiger partial charge in [0.05, 0.1) is 23.0 Å². The number of hydrogen-bond donors (Lipinski definition) is 2. The molecule has 0 aliphatic carbocycles. The van der Waals surface area contributed by atoms with Gasteiger partial charge < -0.3 is 10.2 Å². The maximum Gasteiger partial charge on any atom is 0.150 e. The Labute approximate surface area is 102 Å². The summed E-state index contributed by atoms with van der Waals surface area (Å²) >= 11 is 0. The van der Waals surface area contributed by atoms with E-state index in [0.29, 0.717) is 0 Å². The molecule has 0 rings (SSSR count). The Morgan fingerprint density at radius 2 is 0.882 bits per heavy atom. The molecule has 0 unspecified atom stereocenters. The first-order chi connectivity index (χ1) is 7.83. The molecule has 8 heteroatoms. The van der Waals surface area contributed by atoms with E-state index >= 15 is 0 Å². The van der Waals surface area contributed by atoms with E-state index in [9.17, 15) is 16.8 Å². The average molecular weight is 288 g/mol. The van der Waals surface area contributed by atoms with Crippen molar-refractivity contribution in [2.75, 3.05) is 36.2 Å². The van der Waals surface area contributed by atoms with Crippen molar-refractivity contribution in [2.45, 2.75) is 19.3 Å². The van der Waals surface area contributed by atoms with Crippen LogP contribution in [0.2, 0.25) is 0 Å². The summed E-state index contributed by atoms with van der Waals surface area (Å²) in [6.07, 6.45) is 0.431. The van der Waals surface area contributed by atoms with E-state index in [0.717, 1.165) is 0 Å². The molecule has 104 valence electrons. The van der Waals surface area contributed by atoms with Gasteiger partial charge in [-0.2, -0.15) is 0 Å². The second-order valence-corrected chi connectivity index (χ2v) is 8.42. The van der Waals surface area contributed by atoms with E-state index in [1.165, 1.54) is 0 Å². The number of aliphatic hydroxyl groups excluding tert-OH is 2.